The summed E-state index contributed by atoms with van der Waals surface area (Å²) in [6, 6.07) is 7.28. The molecule has 7 heteroatoms. The summed E-state index contributed by atoms with van der Waals surface area (Å²) in [5.41, 5.74) is 0.525. The van der Waals surface area contributed by atoms with Crippen molar-refractivity contribution < 1.29 is 9.53 Å². The Balaban J connectivity index is 1.42. The molecule has 0 radical (unpaired) electrons. The zero-order valence-electron chi connectivity index (χ0n) is 15.7. The van der Waals surface area contributed by atoms with Crippen LogP contribution < -0.4 is 5.56 Å². The maximum atomic E-state index is 12.9. The molecule has 1 aliphatic carbocycles. The van der Waals surface area contributed by atoms with Gasteiger partial charge in [-0.1, -0.05) is 23.8 Å². The third-order valence-corrected chi connectivity index (χ3v) is 6.02. The molecule has 1 amide bonds. The predicted octanol–water partition coefficient (Wildman–Crippen LogP) is 2.16. The van der Waals surface area contributed by atoms with Crippen molar-refractivity contribution in [3.05, 3.63) is 34.6 Å². The molecule has 2 unspecified atom stereocenters. The van der Waals surface area contributed by atoms with Gasteiger partial charge in [0.15, 0.2) is 0 Å². The van der Waals surface area contributed by atoms with Crippen molar-refractivity contribution in [2.24, 2.45) is 5.92 Å². The first-order valence-corrected chi connectivity index (χ1v) is 9.83. The average Bonchev–Trinajstić information content (AvgIpc) is 2.74. The van der Waals surface area contributed by atoms with Crippen LogP contribution in [0.3, 0.4) is 0 Å². The lowest BCUT2D eigenvalue weighted by Crippen LogP contribution is -2.45. The summed E-state index contributed by atoms with van der Waals surface area (Å²) in [6.45, 7) is 1.33. The lowest BCUT2D eigenvalue weighted by molar-refractivity contribution is -0.139. The van der Waals surface area contributed by atoms with Gasteiger partial charge in [0, 0.05) is 26.1 Å². The van der Waals surface area contributed by atoms with Gasteiger partial charge in [0.2, 0.25) is 5.91 Å². The molecular formula is C20H26N4O3. The van der Waals surface area contributed by atoms with E-state index in [9.17, 15) is 9.59 Å². The number of carbonyl (C=O) groups excluding carboxylic acids is 1. The number of fused-ring (bicyclic) bond motifs is 1. The summed E-state index contributed by atoms with van der Waals surface area (Å²) < 4.78 is 6.96. The third-order valence-electron chi connectivity index (χ3n) is 6.02. The van der Waals surface area contributed by atoms with E-state index in [2.05, 4.69) is 10.3 Å². The molecule has 2 fully saturated rings. The van der Waals surface area contributed by atoms with Gasteiger partial charge in [-0.25, -0.2) is 4.68 Å². The number of hydrogen-bond acceptors (Lipinski definition) is 5. The lowest BCUT2D eigenvalue weighted by atomic mass is 9.85. The smallest absolute Gasteiger partial charge is 0.277 e. The summed E-state index contributed by atoms with van der Waals surface area (Å²) in [5, 5.41) is 8.92. The highest BCUT2D eigenvalue weighted by Crippen LogP contribution is 2.29. The van der Waals surface area contributed by atoms with Crippen LogP contribution in [0.5, 0.6) is 0 Å². The van der Waals surface area contributed by atoms with Crippen LogP contribution in [0, 0.1) is 5.92 Å². The summed E-state index contributed by atoms with van der Waals surface area (Å²) in [4.78, 5) is 27.6. The number of aromatic nitrogens is 3. The van der Waals surface area contributed by atoms with Gasteiger partial charge >= 0.3 is 0 Å². The molecule has 27 heavy (non-hydrogen) atoms. The molecule has 1 aromatic carbocycles. The quantitative estimate of drug-likeness (QED) is 0.827. The summed E-state index contributed by atoms with van der Waals surface area (Å²) in [5.74, 6) is 0.315. The van der Waals surface area contributed by atoms with Gasteiger partial charge in [-0.05, 0) is 44.2 Å². The number of carbonyl (C=O) groups is 1. The summed E-state index contributed by atoms with van der Waals surface area (Å²) >= 11 is 0. The first kappa shape index (κ1) is 18.1. The SMILES string of the molecule is COC1CCCC(C(=O)N2CCC(n3nnc4ccccc4c3=O)CC2)C1. The molecule has 2 aliphatic rings. The molecule has 2 aromatic rings. The average molecular weight is 370 g/mol. The fourth-order valence-corrected chi connectivity index (χ4v) is 4.41. The van der Waals surface area contributed by atoms with Crippen LogP contribution in [-0.2, 0) is 9.53 Å². The fourth-order valence-electron chi connectivity index (χ4n) is 4.41. The first-order chi connectivity index (χ1) is 13.2. The van der Waals surface area contributed by atoms with Gasteiger partial charge in [0.05, 0.1) is 17.5 Å². The van der Waals surface area contributed by atoms with E-state index in [0.717, 1.165) is 38.5 Å². The number of methoxy groups -OCH3 is 1. The summed E-state index contributed by atoms with van der Waals surface area (Å²) in [7, 11) is 1.73. The van der Waals surface area contributed by atoms with Crippen molar-refractivity contribution >= 4 is 16.8 Å². The number of piperidine rings is 1. The van der Waals surface area contributed by atoms with E-state index in [1.54, 1.807) is 19.2 Å². The van der Waals surface area contributed by atoms with Gasteiger partial charge in [-0.2, -0.15) is 0 Å². The minimum Gasteiger partial charge on any atom is -0.381 e. The largest absolute Gasteiger partial charge is 0.381 e. The number of ether oxygens (including phenoxy) is 1. The normalized spacial score (nSPS) is 24.3. The topological polar surface area (TPSA) is 77.3 Å². The molecule has 1 saturated carbocycles. The Morgan fingerprint density at radius 2 is 1.93 bits per heavy atom. The molecule has 0 bridgehead atoms. The second-order valence-corrected chi connectivity index (χ2v) is 7.63. The Labute approximate surface area is 158 Å². The second-order valence-electron chi connectivity index (χ2n) is 7.63. The van der Waals surface area contributed by atoms with Gasteiger partial charge in [0.25, 0.3) is 5.56 Å². The Hall–Kier alpha value is -2.28. The van der Waals surface area contributed by atoms with Crippen molar-refractivity contribution in [2.75, 3.05) is 20.2 Å². The minimum atomic E-state index is -0.0967. The molecule has 0 spiro atoms. The standard InChI is InChI=1S/C20H26N4O3/c1-27-16-6-4-5-14(13-16)19(25)23-11-9-15(10-12-23)24-20(26)17-7-2-3-8-18(17)21-22-24/h2-3,7-8,14-16H,4-6,9-13H2,1H3. The van der Waals surface area contributed by atoms with Gasteiger partial charge in [-0.3, -0.25) is 9.59 Å². The molecule has 1 saturated heterocycles. The van der Waals surface area contributed by atoms with Crippen molar-refractivity contribution in [1.82, 2.24) is 19.9 Å². The molecule has 0 N–H and O–H groups in total. The van der Waals surface area contributed by atoms with E-state index in [4.69, 9.17) is 4.74 Å². The lowest BCUT2D eigenvalue weighted by Gasteiger charge is -2.36. The highest BCUT2D eigenvalue weighted by Gasteiger charge is 2.33. The Morgan fingerprint density at radius 3 is 2.70 bits per heavy atom. The number of hydrogen-bond donors (Lipinski definition) is 0. The molecule has 2 atom stereocenters. The predicted molar refractivity (Wildman–Crippen MR) is 101 cm³/mol. The van der Waals surface area contributed by atoms with E-state index in [-0.39, 0.29) is 29.5 Å². The van der Waals surface area contributed by atoms with Crippen molar-refractivity contribution in [1.29, 1.82) is 0 Å². The van der Waals surface area contributed by atoms with Crippen LogP contribution in [0.2, 0.25) is 0 Å². The molecule has 4 rings (SSSR count). The van der Waals surface area contributed by atoms with Gasteiger partial charge < -0.3 is 9.64 Å². The fraction of sp³-hybridized carbons (Fsp3) is 0.600. The van der Waals surface area contributed by atoms with Crippen LogP contribution in [0.4, 0.5) is 0 Å². The summed E-state index contributed by atoms with van der Waals surface area (Å²) in [6.07, 6.45) is 5.55. The van der Waals surface area contributed by atoms with Crippen LogP contribution >= 0.6 is 0 Å². The zero-order valence-corrected chi connectivity index (χ0v) is 15.7. The number of likely N-dealkylation sites (tertiary alicyclic amines) is 1. The maximum absolute atomic E-state index is 12.9. The Bertz CT molecular complexity index is 873. The Morgan fingerprint density at radius 1 is 1.15 bits per heavy atom. The number of rotatable bonds is 3. The first-order valence-electron chi connectivity index (χ1n) is 9.83. The minimum absolute atomic E-state index is 0.00302. The van der Waals surface area contributed by atoms with Crippen molar-refractivity contribution in [3.8, 4) is 0 Å². The molecule has 1 aromatic heterocycles. The molecule has 2 heterocycles. The highest BCUT2D eigenvalue weighted by molar-refractivity contribution is 5.79. The highest BCUT2D eigenvalue weighted by atomic mass is 16.5. The van der Waals surface area contributed by atoms with E-state index in [1.165, 1.54) is 4.68 Å². The molecule has 144 valence electrons. The van der Waals surface area contributed by atoms with Crippen LogP contribution in [0.1, 0.15) is 44.6 Å². The molecular weight excluding hydrogens is 344 g/mol. The number of nitrogens with zero attached hydrogens (tertiary/aromatic N) is 4. The zero-order chi connectivity index (χ0) is 18.8. The molecule has 7 nitrogen and oxygen atoms in total. The number of benzene rings is 1. The second kappa shape index (κ2) is 7.76. The van der Waals surface area contributed by atoms with E-state index in [1.807, 2.05) is 17.0 Å². The number of amides is 1. The van der Waals surface area contributed by atoms with Crippen molar-refractivity contribution in [3.63, 3.8) is 0 Å². The Kier molecular flexibility index (Phi) is 5.20. The van der Waals surface area contributed by atoms with Crippen LogP contribution in [-0.4, -0.2) is 52.1 Å². The van der Waals surface area contributed by atoms with Crippen LogP contribution in [0.15, 0.2) is 29.1 Å². The molecule has 1 aliphatic heterocycles. The third kappa shape index (κ3) is 3.60. The van der Waals surface area contributed by atoms with Gasteiger partial charge in [-0.15, -0.1) is 5.10 Å². The van der Waals surface area contributed by atoms with Gasteiger partial charge in [0.1, 0.15) is 5.52 Å². The van der Waals surface area contributed by atoms with E-state index >= 15 is 0 Å². The van der Waals surface area contributed by atoms with E-state index < -0.39 is 0 Å². The van der Waals surface area contributed by atoms with Crippen molar-refractivity contribution in [2.45, 2.75) is 50.7 Å². The van der Waals surface area contributed by atoms with E-state index in [0.29, 0.717) is 24.0 Å². The van der Waals surface area contributed by atoms with Crippen LogP contribution in [0.25, 0.3) is 10.9 Å². The maximum Gasteiger partial charge on any atom is 0.277 e. The monoisotopic (exact) mass is 370 g/mol.